The molecule has 6 nitrogen and oxygen atoms in total. The first kappa shape index (κ1) is 16.9. The molecule has 2 unspecified atom stereocenters. The van der Waals surface area contributed by atoms with Crippen LogP contribution in [0.25, 0.3) is 10.9 Å². The molecule has 2 aromatic rings. The fraction of sp³-hybridized carbons (Fsp3) is 0.562. The van der Waals surface area contributed by atoms with Crippen LogP contribution in [0.2, 0.25) is 0 Å². The number of alkyl halides is 2. The maximum Gasteiger partial charge on any atom is 0.489 e. The highest BCUT2D eigenvalue weighted by Crippen LogP contribution is 2.45. The molecule has 0 radical (unpaired) electrons. The van der Waals surface area contributed by atoms with Crippen LogP contribution in [0.15, 0.2) is 12.3 Å². The number of nitrogens with zero attached hydrogens (tertiary/aromatic N) is 2. The average molecular weight is 352 g/mol. The Balaban J connectivity index is 1.92. The van der Waals surface area contributed by atoms with E-state index in [1.165, 1.54) is 13.3 Å². The Morgan fingerprint density at radius 1 is 1.40 bits per heavy atom. The van der Waals surface area contributed by atoms with Crippen LogP contribution in [-0.2, 0) is 15.9 Å². The lowest BCUT2D eigenvalue weighted by Crippen LogP contribution is -2.36. The molecule has 25 heavy (non-hydrogen) atoms. The van der Waals surface area contributed by atoms with Gasteiger partial charge in [-0.05, 0) is 41.9 Å². The number of aromatic nitrogens is 2. The molecular weight excluding hydrogens is 333 g/mol. The van der Waals surface area contributed by atoms with E-state index in [4.69, 9.17) is 9.47 Å². The van der Waals surface area contributed by atoms with Crippen molar-refractivity contribution in [1.82, 2.24) is 9.78 Å². The number of ether oxygens (including phenoxy) is 2. The number of rotatable bonds is 3. The van der Waals surface area contributed by atoms with Crippen molar-refractivity contribution in [2.45, 2.75) is 43.9 Å². The number of methoxy groups -OCH3 is 1. The number of fused-ring (bicyclic) bond motifs is 2. The summed E-state index contributed by atoms with van der Waals surface area (Å²) in [7, 11) is -0.695. The van der Waals surface area contributed by atoms with Gasteiger partial charge in [-0.25, -0.2) is 13.5 Å². The number of benzene rings is 1. The summed E-state index contributed by atoms with van der Waals surface area (Å²) < 4.78 is 41.0. The summed E-state index contributed by atoms with van der Waals surface area (Å²) in [5, 5.41) is 24.5. The Hall–Kier alpha value is -1.55. The molecule has 0 bridgehead atoms. The van der Waals surface area contributed by atoms with Crippen LogP contribution in [-0.4, -0.2) is 46.6 Å². The Bertz CT molecular complexity index is 805. The van der Waals surface area contributed by atoms with E-state index in [1.807, 2.05) is 0 Å². The highest BCUT2D eigenvalue weighted by molar-refractivity contribution is 6.62. The quantitative estimate of drug-likeness (QED) is 0.815. The van der Waals surface area contributed by atoms with Crippen LogP contribution in [0.3, 0.4) is 0 Å². The monoisotopic (exact) mass is 352 g/mol. The molecular formula is C16H19BF2N2O4. The maximum atomic E-state index is 14.3. The van der Waals surface area contributed by atoms with Crippen molar-refractivity contribution in [3.8, 4) is 0 Å². The van der Waals surface area contributed by atoms with Gasteiger partial charge in [-0.3, -0.25) is 0 Å². The Morgan fingerprint density at radius 3 is 2.84 bits per heavy atom. The second-order valence-electron chi connectivity index (χ2n) is 6.63. The van der Waals surface area contributed by atoms with Crippen LogP contribution in [0.1, 0.15) is 42.7 Å². The van der Waals surface area contributed by atoms with Gasteiger partial charge in [0.25, 0.3) is 5.92 Å². The molecule has 2 heterocycles. The highest BCUT2D eigenvalue weighted by atomic mass is 19.3. The van der Waals surface area contributed by atoms with Crippen molar-refractivity contribution < 1.29 is 28.3 Å². The first-order valence-corrected chi connectivity index (χ1v) is 8.35. The van der Waals surface area contributed by atoms with Gasteiger partial charge in [-0.1, -0.05) is 0 Å². The van der Waals surface area contributed by atoms with E-state index in [0.717, 1.165) is 19.3 Å². The summed E-state index contributed by atoms with van der Waals surface area (Å²) in [5.41, 5.74) is 1.11. The lowest BCUT2D eigenvalue weighted by atomic mass is 9.73. The molecule has 9 heteroatoms. The van der Waals surface area contributed by atoms with Crippen LogP contribution < -0.4 is 5.46 Å². The number of hydrogen-bond acceptors (Lipinski definition) is 5. The summed E-state index contributed by atoms with van der Waals surface area (Å²) in [6.45, 7) is 0.621. The zero-order valence-electron chi connectivity index (χ0n) is 13.8. The normalized spacial score (nSPS) is 25.3. The molecule has 1 fully saturated rings. The van der Waals surface area contributed by atoms with Crippen molar-refractivity contribution in [2.24, 2.45) is 0 Å². The molecule has 2 N–H and O–H groups in total. The highest BCUT2D eigenvalue weighted by Gasteiger charge is 2.50. The second kappa shape index (κ2) is 6.01. The van der Waals surface area contributed by atoms with Gasteiger partial charge in [0.15, 0.2) is 6.23 Å². The third kappa shape index (κ3) is 2.57. The molecule has 2 aliphatic rings. The molecule has 1 aromatic heterocycles. The molecule has 1 aromatic carbocycles. The van der Waals surface area contributed by atoms with E-state index < -0.39 is 25.6 Å². The fourth-order valence-corrected chi connectivity index (χ4v) is 4.01. The first-order chi connectivity index (χ1) is 11.9. The molecule has 0 spiro atoms. The maximum absolute atomic E-state index is 14.3. The summed E-state index contributed by atoms with van der Waals surface area (Å²) in [4.78, 5) is 0. The molecule has 2 atom stereocenters. The lowest BCUT2D eigenvalue weighted by Gasteiger charge is -2.24. The minimum absolute atomic E-state index is 0.0404. The predicted octanol–water partition coefficient (Wildman–Crippen LogP) is 1.29. The van der Waals surface area contributed by atoms with Crippen molar-refractivity contribution in [2.75, 3.05) is 13.7 Å². The minimum Gasteiger partial charge on any atom is -0.423 e. The predicted molar refractivity (Wildman–Crippen MR) is 86.8 cm³/mol. The van der Waals surface area contributed by atoms with Gasteiger partial charge in [0.05, 0.1) is 11.7 Å². The minimum atomic E-state index is -3.10. The third-order valence-electron chi connectivity index (χ3n) is 5.07. The van der Waals surface area contributed by atoms with Gasteiger partial charge in [0.2, 0.25) is 0 Å². The van der Waals surface area contributed by atoms with Gasteiger partial charge in [-0.15, -0.1) is 0 Å². The summed E-state index contributed by atoms with van der Waals surface area (Å²) >= 11 is 0. The molecule has 1 aliphatic carbocycles. The van der Waals surface area contributed by atoms with Gasteiger partial charge in [0, 0.05) is 25.5 Å². The summed E-state index contributed by atoms with van der Waals surface area (Å²) in [6.07, 6.45) is 1.95. The van der Waals surface area contributed by atoms with Crippen molar-refractivity contribution >= 4 is 23.5 Å². The van der Waals surface area contributed by atoms with Crippen LogP contribution >= 0.6 is 0 Å². The molecule has 134 valence electrons. The molecule has 1 aliphatic heterocycles. The number of halogens is 2. The molecule has 1 saturated heterocycles. The SMILES string of the molecule is COC1c2c(cc3c(cnn3C3CCCCO3)c2B(O)O)CC1(F)F. The zero-order valence-corrected chi connectivity index (χ0v) is 13.8. The Kier molecular flexibility index (Phi) is 4.07. The fourth-order valence-electron chi connectivity index (χ4n) is 4.01. The third-order valence-corrected chi connectivity index (χ3v) is 5.07. The van der Waals surface area contributed by atoms with Crippen LogP contribution in [0.5, 0.6) is 0 Å². The van der Waals surface area contributed by atoms with E-state index in [1.54, 1.807) is 10.7 Å². The van der Waals surface area contributed by atoms with Gasteiger partial charge >= 0.3 is 7.12 Å². The van der Waals surface area contributed by atoms with Gasteiger partial charge in [0.1, 0.15) is 6.10 Å². The second-order valence-corrected chi connectivity index (χ2v) is 6.63. The zero-order chi connectivity index (χ0) is 17.8. The summed E-state index contributed by atoms with van der Waals surface area (Å²) in [5.74, 6) is -3.10. The lowest BCUT2D eigenvalue weighted by molar-refractivity contribution is -0.113. The summed E-state index contributed by atoms with van der Waals surface area (Å²) in [6, 6.07) is 1.65. The molecule has 4 rings (SSSR count). The number of hydrogen-bond donors (Lipinski definition) is 2. The molecule has 0 amide bonds. The van der Waals surface area contributed by atoms with E-state index in [9.17, 15) is 18.8 Å². The van der Waals surface area contributed by atoms with Gasteiger partial charge < -0.3 is 19.5 Å². The van der Waals surface area contributed by atoms with E-state index >= 15 is 0 Å². The Labute approximate surface area is 143 Å². The average Bonchev–Trinajstić information content (AvgIpc) is 3.09. The first-order valence-electron chi connectivity index (χ1n) is 8.35. The van der Waals surface area contributed by atoms with Crippen molar-refractivity contribution in [3.05, 3.63) is 23.4 Å². The van der Waals surface area contributed by atoms with E-state index in [-0.39, 0.29) is 17.3 Å². The van der Waals surface area contributed by atoms with Crippen molar-refractivity contribution in [3.63, 3.8) is 0 Å². The topological polar surface area (TPSA) is 76.7 Å². The molecule has 0 saturated carbocycles. The van der Waals surface area contributed by atoms with E-state index in [0.29, 0.717) is 23.1 Å². The van der Waals surface area contributed by atoms with Crippen molar-refractivity contribution in [1.29, 1.82) is 0 Å². The van der Waals surface area contributed by atoms with Crippen LogP contribution in [0, 0.1) is 0 Å². The standard InChI is InChI=1S/C16H19BF2N2O4/c1-24-15-13-9(7-16(15,18)19)6-11-10(14(13)17(22)23)8-20-21(11)12-4-2-3-5-25-12/h6,8,12,15,22-23H,2-5,7H2,1H3. The smallest absolute Gasteiger partial charge is 0.423 e. The van der Waals surface area contributed by atoms with Crippen LogP contribution in [0.4, 0.5) is 8.78 Å². The van der Waals surface area contributed by atoms with Gasteiger partial charge in [-0.2, -0.15) is 5.10 Å². The Morgan fingerprint density at radius 2 is 2.20 bits per heavy atom. The van der Waals surface area contributed by atoms with E-state index in [2.05, 4.69) is 5.10 Å². The largest absolute Gasteiger partial charge is 0.489 e.